The highest BCUT2D eigenvalue weighted by Gasteiger charge is 2.14. The molecule has 3 aromatic carbocycles. The molecule has 0 unspecified atom stereocenters. The van der Waals surface area contributed by atoms with Gasteiger partial charge < -0.3 is 9.47 Å². The van der Waals surface area contributed by atoms with E-state index in [9.17, 15) is 9.59 Å². The van der Waals surface area contributed by atoms with Crippen LogP contribution in [0.25, 0.3) is 10.8 Å². The Morgan fingerprint density at radius 1 is 0.857 bits per heavy atom. The van der Waals surface area contributed by atoms with Crippen LogP contribution in [0.4, 0.5) is 0 Å². The van der Waals surface area contributed by atoms with E-state index >= 15 is 0 Å². The molecule has 144 valence electrons. The predicted octanol–water partition coefficient (Wildman–Crippen LogP) is 3.71. The van der Waals surface area contributed by atoms with Crippen LogP contribution in [0.3, 0.4) is 0 Å². The fourth-order valence-electron chi connectivity index (χ4n) is 2.84. The summed E-state index contributed by atoms with van der Waals surface area (Å²) < 4.78 is 10.9. The van der Waals surface area contributed by atoms with Crippen LogP contribution in [0, 0.1) is 0 Å². The van der Waals surface area contributed by atoms with Gasteiger partial charge in [0.1, 0.15) is 0 Å². The lowest BCUT2D eigenvalue weighted by atomic mass is 10.0. The van der Waals surface area contributed by atoms with Gasteiger partial charge in [0.15, 0.2) is 11.5 Å². The van der Waals surface area contributed by atoms with Crippen LogP contribution in [0.5, 0.6) is 11.5 Å². The molecule has 0 saturated carbocycles. The number of carbonyl (C=O) groups excluding carboxylic acids is 2. The van der Waals surface area contributed by atoms with Crippen molar-refractivity contribution in [3.05, 3.63) is 71.8 Å². The Kier molecular flexibility index (Phi) is 5.79. The normalized spacial score (nSPS) is 10.6. The molecule has 3 rings (SSSR count). The average molecular weight is 378 g/mol. The maximum atomic E-state index is 12.5. The fourth-order valence-corrected chi connectivity index (χ4v) is 2.84. The van der Waals surface area contributed by atoms with Gasteiger partial charge in [-0.15, -0.1) is 0 Å². The number of hydrogen-bond acceptors (Lipinski definition) is 4. The van der Waals surface area contributed by atoms with Crippen molar-refractivity contribution in [2.24, 2.45) is 0 Å². The maximum absolute atomic E-state index is 12.5. The molecule has 3 aromatic rings. The first-order valence-electron chi connectivity index (χ1n) is 8.92. The third kappa shape index (κ3) is 4.23. The molecule has 28 heavy (non-hydrogen) atoms. The Morgan fingerprint density at radius 2 is 1.57 bits per heavy atom. The molecule has 0 heterocycles. The van der Waals surface area contributed by atoms with Gasteiger partial charge in [-0.05, 0) is 48.9 Å². The van der Waals surface area contributed by atoms with Gasteiger partial charge in [0.05, 0.1) is 13.2 Å². The van der Waals surface area contributed by atoms with Crippen molar-refractivity contribution in [1.29, 1.82) is 0 Å². The Bertz CT molecular complexity index is 1010. The molecule has 0 radical (unpaired) electrons. The molecular formula is C22H22N2O4. The van der Waals surface area contributed by atoms with Crippen LogP contribution in [0.1, 0.15) is 34.6 Å². The first kappa shape index (κ1) is 19.2. The highest BCUT2D eigenvalue weighted by atomic mass is 16.5. The Labute approximate surface area is 163 Å². The third-order valence-corrected chi connectivity index (χ3v) is 4.11. The summed E-state index contributed by atoms with van der Waals surface area (Å²) in [5.41, 5.74) is 5.72. The van der Waals surface area contributed by atoms with E-state index in [0.29, 0.717) is 22.6 Å². The third-order valence-electron chi connectivity index (χ3n) is 4.11. The lowest BCUT2D eigenvalue weighted by Crippen LogP contribution is -2.41. The van der Waals surface area contributed by atoms with Crippen LogP contribution in [0.15, 0.2) is 60.7 Å². The first-order valence-corrected chi connectivity index (χ1v) is 8.92. The van der Waals surface area contributed by atoms with Gasteiger partial charge in [0.2, 0.25) is 0 Å². The number of carbonyl (C=O) groups is 2. The van der Waals surface area contributed by atoms with E-state index in [1.54, 1.807) is 30.3 Å². The van der Waals surface area contributed by atoms with E-state index in [2.05, 4.69) is 10.9 Å². The maximum Gasteiger partial charge on any atom is 0.270 e. The van der Waals surface area contributed by atoms with Gasteiger partial charge in [0.25, 0.3) is 11.8 Å². The molecule has 0 aliphatic carbocycles. The van der Waals surface area contributed by atoms with Crippen LogP contribution >= 0.6 is 0 Å². The van der Waals surface area contributed by atoms with Crippen molar-refractivity contribution in [1.82, 2.24) is 10.9 Å². The fraction of sp³-hybridized carbons (Fsp3) is 0.182. The monoisotopic (exact) mass is 378 g/mol. The number of methoxy groups -OCH3 is 1. The summed E-state index contributed by atoms with van der Waals surface area (Å²) in [4.78, 5) is 24.9. The topological polar surface area (TPSA) is 76.7 Å². The van der Waals surface area contributed by atoms with Crippen LogP contribution < -0.4 is 20.3 Å². The summed E-state index contributed by atoms with van der Waals surface area (Å²) >= 11 is 0. The summed E-state index contributed by atoms with van der Waals surface area (Å²) in [5, 5.41) is 1.76. The number of nitrogens with one attached hydrogen (secondary N) is 2. The van der Waals surface area contributed by atoms with Crippen molar-refractivity contribution in [3.8, 4) is 11.5 Å². The number of fused-ring (bicyclic) bond motifs is 1. The highest BCUT2D eigenvalue weighted by Crippen LogP contribution is 2.29. The lowest BCUT2D eigenvalue weighted by Gasteiger charge is -2.14. The van der Waals surface area contributed by atoms with E-state index < -0.39 is 11.8 Å². The van der Waals surface area contributed by atoms with Crippen LogP contribution in [-0.2, 0) is 0 Å². The lowest BCUT2D eigenvalue weighted by molar-refractivity contribution is 0.0847. The van der Waals surface area contributed by atoms with E-state index in [0.717, 1.165) is 10.8 Å². The largest absolute Gasteiger partial charge is 0.493 e. The van der Waals surface area contributed by atoms with E-state index in [1.807, 2.05) is 44.2 Å². The quantitative estimate of drug-likeness (QED) is 0.664. The van der Waals surface area contributed by atoms with Crippen LogP contribution in [0.2, 0.25) is 0 Å². The standard InChI is InChI=1S/C22H22N2O4/c1-14(2)28-19-12-11-16(13-20(19)27-3)21(25)23-24-22(26)18-10-6-8-15-7-4-5-9-17(15)18/h4-14H,1-3H3,(H,23,25)(H,24,26). The molecule has 6 heteroatoms. The summed E-state index contributed by atoms with van der Waals surface area (Å²) in [7, 11) is 1.51. The molecule has 0 spiro atoms. The molecule has 0 saturated heterocycles. The zero-order valence-electron chi connectivity index (χ0n) is 16.0. The van der Waals surface area contributed by atoms with E-state index in [1.165, 1.54) is 7.11 Å². The number of rotatable bonds is 5. The van der Waals surface area contributed by atoms with Gasteiger partial charge in [-0.3, -0.25) is 20.4 Å². The average Bonchev–Trinajstić information content (AvgIpc) is 2.71. The summed E-state index contributed by atoms with van der Waals surface area (Å²) in [6, 6.07) is 17.9. The number of benzene rings is 3. The van der Waals surface area contributed by atoms with Gasteiger partial charge in [-0.2, -0.15) is 0 Å². The zero-order chi connectivity index (χ0) is 20.1. The summed E-state index contributed by atoms with van der Waals surface area (Å²) in [6.07, 6.45) is -0.0199. The summed E-state index contributed by atoms with van der Waals surface area (Å²) in [5.74, 6) is 0.149. The number of hydrogen-bond donors (Lipinski definition) is 2. The minimum Gasteiger partial charge on any atom is -0.493 e. The van der Waals surface area contributed by atoms with Gasteiger partial charge in [0, 0.05) is 11.1 Å². The number of ether oxygens (including phenoxy) is 2. The minimum absolute atomic E-state index is 0.0199. The minimum atomic E-state index is -0.456. The predicted molar refractivity (Wildman–Crippen MR) is 108 cm³/mol. The van der Waals surface area contributed by atoms with Crippen molar-refractivity contribution >= 4 is 22.6 Å². The summed E-state index contributed by atoms with van der Waals surface area (Å²) in [6.45, 7) is 3.81. The second-order valence-corrected chi connectivity index (χ2v) is 6.47. The second kappa shape index (κ2) is 8.43. The van der Waals surface area contributed by atoms with Crippen molar-refractivity contribution < 1.29 is 19.1 Å². The van der Waals surface area contributed by atoms with Crippen molar-refractivity contribution in [3.63, 3.8) is 0 Å². The van der Waals surface area contributed by atoms with E-state index in [-0.39, 0.29) is 6.10 Å². The van der Waals surface area contributed by atoms with E-state index in [4.69, 9.17) is 9.47 Å². The Morgan fingerprint density at radius 3 is 2.32 bits per heavy atom. The van der Waals surface area contributed by atoms with Crippen LogP contribution in [-0.4, -0.2) is 25.0 Å². The molecule has 0 aliphatic rings. The molecule has 2 amide bonds. The second-order valence-electron chi connectivity index (χ2n) is 6.47. The molecule has 2 N–H and O–H groups in total. The molecular weight excluding hydrogens is 356 g/mol. The Hall–Kier alpha value is -3.54. The zero-order valence-corrected chi connectivity index (χ0v) is 16.0. The van der Waals surface area contributed by atoms with Gasteiger partial charge >= 0.3 is 0 Å². The number of hydrazine groups is 1. The molecule has 0 aromatic heterocycles. The smallest absolute Gasteiger partial charge is 0.270 e. The first-order chi connectivity index (χ1) is 13.5. The molecule has 0 bridgehead atoms. The molecule has 0 aliphatic heterocycles. The Balaban J connectivity index is 1.72. The highest BCUT2D eigenvalue weighted by molar-refractivity contribution is 6.08. The van der Waals surface area contributed by atoms with Gasteiger partial charge in [-0.1, -0.05) is 36.4 Å². The van der Waals surface area contributed by atoms with Crippen molar-refractivity contribution in [2.75, 3.05) is 7.11 Å². The SMILES string of the molecule is COc1cc(C(=O)NNC(=O)c2cccc3ccccc23)ccc1OC(C)C. The van der Waals surface area contributed by atoms with Crippen molar-refractivity contribution in [2.45, 2.75) is 20.0 Å². The molecule has 0 fully saturated rings. The molecule has 6 nitrogen and oxygen atoms in total. The molecule has 0 atom stereocenters. The number of amides is 2. The van der Waals surface area contributed by atoms with Gasteiger partial charge in [-0.25, -0.2) is 0 Å².